The van der Waals surface area contributed by atoms with Crippen molar-refractivity contribution < 1.29 is 14.6 Å². The molecule has 108 valence electrons. The zero-order valence-electron chi connectivity index (χ0n) is 11.6. The zero-order valence-corrected chi connectivity index (χ0v) is 12.3. The first-order valence-corrected chi connectivity index (χ1v) is 7.14. The van der Waals surface area contributed by atoms with Crippen LogP contribution in [0.2, 0.25) is 5.02 Å². The van der Waals surface area contributed by atoms with Crippen molar-refractivity contribution >= 4 is 17.5 Å². The van der Waals surface area contributed by atoms with E-state index in [-0.39, 0.29) is 5.91 Å². The van der Waals surface area contributed by atoms with E-state index >= 15 is 0 Å². The molecule has 5 heteroatoms. The van der Waals surface area contributed by atoms with Crippen molar-refractivity contribution in [3.05, 3.63) is 34.3 Å². The van der Waals surface area contributed by atoms with Crippen molar-refractivity contribution in [3.63, 3.8) is 0 Å². The molecule has 0 saturated carbocycles. The minimum atomic E-state index is -0.769. The molecule has 0 unspecified atom stereocenters. The van der Waals surface area contributed by atoms with Crippen LogP contribution < -0.4 is 5.32 Å². The average Bonchev–Trinajstić information content (AvgIpc) is 2.31. The van der Waals surface area contributed by atoms with Gasteiger partial charge in [0.25, 0.3) is 0 Å². The summed E-state index contributed by atoms with van der Waals surface area (Å²) in [5.41, 5.74) is 0.763. The number of hydrogen-bond acceptors (Lipinski definition) is 3. The van der Waals surface area contributed by atoms with E-state index in [4.69, 9.17) is 16.3 Å². The smallest absolute Gasteiger partial charge is 0.231 e. The van der Waals surface area contributed by atoms with Gasteiger partial charge in [0.15, 0.2) is 0 Å². The molecule has 0 aliphatic carbocycles. The third kappa shape index (κ3) is 1.86. The number of carbonyl (C=O) groups excluding carboxylic acids is 1. The molecule has 3 rings (SSSR count). The number of halogens is 1. The van der Waals surface area contributed by atoms with E-state index in [1.807, 2.05) is 25.1 Å². The summed E-state index contributed by atoms with van der Waals surface area (Å²) >= 11 is 6.12. The van der Waals surface area contributed by atoms with Crippen LogP contribution in [-0.2, 0) is 20.5 Å². The van der Waals surface area contributed by atoms with E-state index in [0.29, 0.717) is 24.7 Å². The number of carbonyl (C=O) groups is 1. The second-order valence-electron chi connectivity index (χ2n) is 6.10. The number of fused-ring (bicyclic) bond motifs is 2. The summed E-state index contributed by atoms with van der Waals surface area (Å²) in [5, 5.41) is 13.4. The van der Waals surface area contributed by atoms with E-state index in [1.54, 1.807) is 6.92 Å². The Kier molecular flexibility index (Phi) is 3.08. The Balaban J connectivity index is 2.17. The summed E-state index contributed by atoms with van der Waals surface area (Å²) in [5.74, 6) is -0.0727. The second kappa shape index (κ2) is 4.45. The van der Waals surface area contributed by atoms with Gasteiger partial charge in [0.1, 0.15) is 5.54 Å². The van der Waals surface area contributed by atoms with Crippen LogP contribution in [0, 0.1) is 0 Å². The Hall–Kier alpha value is -1.10. The summed E-state index contributed by atoms with van der Waals surface area (Å²) in [7, 11) is 0. The lowest BCUT2D eigenvalue weighted by molar-refractivity contribution is -0.143. The third-order valence-corrected chi connectivity index (χ3v) is 4.58. The van der Waals surface area contributed by atoms with Gasteiger partial charge in [0.05, 0.1) is 24.7 Å². The van der Waals surface area contributed by atoms with Crippen molar-refractivity contribution in [2.75, 3.05) is 13.2 Å². The Morgan fingerprint density at radius 1 is 1.45 bits per heavy atom. The quantitative estimate of drug-likeness (QED) is 0.873. The molecule has 1 aromatic rings. The number of amides is 1. The van der Waals surface area contributed by atoms with E-state index in [2.05, 4.69) is 5.32 Å². The Morgan fingerprint density at radius 2 is 2.15 bits per heavy atom. The molecular weight excluding hydrogens is 278 g/mol. The highest BCUT2D eigenvalue weighted by atomic mass is 35.5. The van der Waals surface area contributed by atoms with E-state index in [9.17, 15) is 9.90 Å². The molecule has 2 atom stereocenters. The van der Waals surface area contributed by atoms with Crippen LogP contribution in [0.25, 0.3) is 0 Å². The van der Waals surface area contributed by atoms with Gasteiger partial charge in [-0.2, -0.15) is 0 Å². The predicted octanol–water partition coefficient (Wildman–Crippen LogP) is 1.72. The highest BCUT2D eigenvalue weighted by Crippen LogP contribution is 2.45. The monoisotopic (exact) mass is 295 g/mol. The molecular formula is C15H18ClNO3. The van der Waals surface area contributed by atoms with E-state index in [1.165, 1.54) is 0 Å². The molecule has 2 aliphatic heterocycles. The molecule has 20 heavy (non-hydrogen) atoms. The van der Waals surface area contributed by atoms with Gasteiger partial charge >= 0.3 is 0 Å². The second-order valence-corrected chi connectivity index (χ2v) is 6.54. The third-order valence-electron chi connectivity index (χ3n) is 4.35. The van der Waals surface area contributed by atoms with Crippen LogP contribution in [-0.4, -0.2) is 30.3 Å². The van der Waals surface area contributed by atoms with Crippen LogP contribution in [0.4, 0.5) is 0 Å². The average molecular weight is 296 g/mol. The number of aliphatic hydroxyl groups excluding tert-OH is 1. The predicted molar refractivity (Wildman–Crippen MR) is 75.7 cm³/mol. The van der Waals surface area contributed by atoms with Crippen molar-refractivity contribution in [3.8, 4) is 0 Å². The van der Waals surface area contributed by atoms with Crippen molar-refractivity contribution in [2.24, 2.45) is 0 Å². The van der Waals surface area contributed by atoms with Gasteiger partial charge in [-0.05, 0) is 43.5 Å². The number of rotatable bonds is 2. The fourth-order valence-electron chi connectivity index (χ4n) is 3.26. The molecule has 2 N–H and O–H groups in total. The van der Waals surface area contributed by atoms with Gasteiger partial charge in [-0.25, -0.2) is 0 Å². The van der Waals surface area contributed by atoms with Crippen molar-refractivity contribution in [1.82, 2.24) is 5.32 Å². The van der Waals surface area contributed by atoms with Crippen LogP contribution in [0.15, 0.2) is 18.2 Å². The Morgan fingerprint density at radius 3 is 2.70 bits per heavy atom. The number of nitrogens with one attached hydrogen (secondary N) is 1. The molecule has 2 aliphatic rings. The maximum atomic E-state index is 12.6. The van der Waals surface area contributed by atoms with Crippen molar-refractivity contribution in [1.29, 1.82) is 0 Å². The summed E-state index contributed by atoms with van der Waals surface area (Å²) in [6.45, 7) is 4.52. The largest absolute Gasteiger partial charge is 0.393 e. The van der Waals surface area contributed by atoms with Gasteiger partial charge in [0, 0.05) is 5.02 Å². The van der Waals surface area contributed by atoms with Gasteiger partial charge in [0.2, 0.25) is 5.91 Å². The lowest BCUT2D eigenvalue weighted by Crippen LogP contribution is -2.66. The standard InChI is InChI=1S/C15H18ClNO3/c1-9(18)6-14(2)12-5-10(16)3-4-11(12)15(7-20-8-15)17-13(14)19/h3-5,9,18H,6-8H2,1-2H3,(H,17,19)/t9-,14+/m0/s1. The SMILES string of the molecule is C[C@H](O)C[C@@]1(C)C(=O)NC2(COC2)c2ccc(Cl)cc21. The molecule has 1 saturated heterocycles. The summed E-state index contributed by atoms with van der Waals surface area (Å²) in [4.78, 5) is 12.6. The normalized spacial score (nSPS) is 28.5. The summed E-state index contributed by atoms with van der Waals surface area (Å²) in [6, 6.07) is 5.64. The number of aliphatic hydroxyl groups is 1. The van der Waals surface area contributed by atoms with Gasteiger partial charge in [-0.3, -0.25) is 4.79 Å². The van der Waals surface area contributed by atoms with Crippen molar-refractivity contribution in [2.45, 2.75) is 37.3 Å². The number of hydrogen-bond donors (Lipinski definition) is 2. The van der Waals surface area contributed by atoms with Crippen LogP contribution in [0.3, 0.4) is 0 Å². The molecule has 1 spiro atoms. The number of benzene rings is 1. The molecule has 0 aromatic heterocycles. The first-order chi connectivity index (χ1) is 9.37. The molecule has 0 bridgehead atoms. The lowest BCUT2D eigenvalue weighted by Gasteiger charge is -2.51. The minimum absolute atomic E-state index is 0.0727. The molecule has 1 aromatic carbocycles. The van der Waals surface area contributed by atoms with Gasteiger partial charge in [-0.15, -0.1) is 0 Å². The molecule has 0 radical (unpaired) electrons. The Bertz CT molecular complexity index is 568. The van der Waals surface area contributed by atoms with Gasteiger partial charge in [-0.1, -0.05) is 17.7 Å². The van der Waals surface area contributed by atoms with Crippen LogP contribution in [0.5, 0.6) is 0 Å². The maximum absolute atomic E-state index is 12.6. The fraction of sp³-hybridized carbons (Fsp3) is 0.533. The Labute approximate surface area is 123 Å². The molecule has 1 amide bonds. The number of ether oxygens (including phenoxy) is 1. The lowest BCUT2D eigenvalue weighted by atomic mass is 9.67. The highest BCUT2D eigenvalue weighted by Gasteiger charge is 2.53. The molecule has 4 nitrogen and oxygen atoms in total. The van der Waals surface area contributed by atoms with E-state index < -0.39 is 17.1 Å². The molecule has 1 fully saturated rings. The first kappa shape index (κ1) is 13.9. The summed E-state index contributed by atoms with van der Waals surface area (Å²) < 4.78 is 5.30. The topological polar surface area (TPSA) is 58.6 Å². The van der Waals surface area contributed by atoms with E-state index in [0.717, 1.165) is 11.1 Å². The minimum Gasteiger partial charge on any atom is -0.393 e. The van der Waals surface area contributed by atoms with Crippen LogP contribution in [0.1, 0.15) is 31.4 Å². The molecule has 2 heterocycles. The maximum Gasteiger partial charge on any atom is 0.231 e. The first-order valence-electron chi connectivity index (χ1n) is 6.76. The zero-order chi connectivity index (χ0) is 14.5. The van der Waals surface area contributed by atoms with Gasteiger partial charge < -0.3 is 15.2 Å². The summed E-state index contributed by atoms with van der Waals surface area (Å²) in [6.07, 6.45) is -0.201. The highest BCUT2D eigenvalue weighted by molar-refractivity contribution is 6.30. The van der Waals surface area contributed by atoms with Crippen LogP contribution >= 0.6 is 11.6 Å². The fourth-order valence-corrected chi connectivity index (χ4v) is 3.43.